The number of aliphatic hydroxyl groups is 1. The second-order valence-corrected chi connectivity index (χ2v) is 5.75. The number of hydrogen-bond acceptors (Lipinski definition) is 3. The molecule has 1 unspecified atom stereocenters. The summed E-state index contributed by atoms with van der Waals surface area (Å²) in [6.45, 7) is 1.28. The molecule has 5 nitrogen and oxygen atoms in total. The summed E-state index contributed by atoms with van der Waals surface area (Å²) in [6.07, 6.45) is 0.379. The van der Waals surface area contributed by atoms with Crippen LogP contribution in [0.5, 0.6) is 5.75 Å². The van der Waals surface area contributed by atoms with E-state index in [1.54, 1.807) is 14.2 Å². The Morgan fingerprint density at radius 1 is 1.28 bits per heavy atom. The monoisotopic (exact) mass is 453 g/mol. The normalized spacial score (nSPS) is 14.5. The maximum atomic E-state index is 10.4. The number of fused-ring (bicyclic) bond motifs is 1. The van der Waals surface area contributed by atoms with E-state index in [0.29, 0.717) is 6.54 Å². The second kappa shape index (κ2) is 9.05. The zero-order valence-corrected chi connectivity index (χ0v) is 16.8. The fraction of sp³-hybridized carbons (Fsp3) is 0.316. The SMILES string of the molecule is CN=C(NCC(O)c1cccc(OC)c1)N1CCc2ccccc21.I. The molecular formula is C19H24IN3O2. The van der Waals surface area contributed by atoms with Crippen molar-refractivity contribution in [3.05, 3.63) is 59.7 Å². The summed E-state index contributed by atoms with van der Waals surface area (Å²) in [5, 5.41) is 13.7. The van der Waals surface area contributed by atoms with E-state index in [4.69, 9.17) is 4.74 Å². The summed E-state index contributed by atoms with van der Waals surface area (Å²) in [5.41, 5.74) is 3.33. The Bertz CT molecular complexity index is 736. The summed E-state index contributed by atoms with van der Waals surface area (Å²) < 4.78 is 5.21. The number of aliphatic hydroxyl groups excluding tert-OH is 1. The van der Waals surface area contributed by atoms with E-state index in [1.807, 2.05) is 30.3 Å². The first-order valence-electron chi connectivity index (χ1n) is 8.11. The van der Waals surface area contributed by atoms with Crippen LogP contribution in [0, 0.1) is 0 Å². The topological polar surface area (TPSA) is 57.1 Å². The van der Waals surface area contributed by atoms with Gasteiger partial charge in [-0.3, -0.25) is 4.99 Å². The molecule has 6 heteroatoms. The number of ether oxygens (including phenoxy) is 1. The van der Waals surface area contributed by atoms with E-state index >= 15 is 0 Å². The smallest absolute Gasteiger partial charge is 0.198 e. The van der Waals surface area contributed by atoms with Gasteiger partial charge in [-0.1, -0.05) is 30.3 Å². The van der Waals surface area contributed by atoms with Crippen molar-refractivity contribution in [1.82, 2.24) is 5.32 Å². The molecule has 0 radical (unpaired) electrons. The number of hydrogen-bond donors (Lipinski definition) is 2. The number of anilines is 1. The number of guanidine groups is 1. The first-order valence-corrected chi connectivity index (χ1v) is 8.11. The fourth-order valence-corrected chi connectivity index (χ4v) is 3.01. The van der Waals surface area contributed by atoms with Gasteiger partial charge in [0.1, 0.15) is 5.75 Å². The lowest BCUT2D eigenvalue weighted by molar-refractivity contribution is 0.180. The molecule has 1 aliphatic heterocycles. The molecule has 2 aromatic rings. The van der Waals surface area contributed by atoms with Crippen LogP contribution >= 0.6 is 24.0 Å². The van der Waals surface area contributed by atoms with Crippen LogP contribution in [-0.2, 0) is 6.42 Å². The standard InChI is InChI=1S/C19H23N3O2.HI/c1-20-19(22-11-10-14-6-3-4-9-17(14)22)21-13-18(23)15-7-5-8-16(12-15)24-2;/h3-9,12,18,23H,10-11,13H2,1-2H3,(H,20,21);1H. The van der Waals surface area contributed by atoms with Crippen LogP contribution in [0.4, 0.5) is 5.69 Å². The van der Waals surface area contributed by atoms with Crippen molar-refractivity contribution in [2.45, 2.75) is 12.5 Å². The van der Waals surface area contributed by atoms with Gasteiger partial charge in [-0.05, 0) is 35.7 Å². The van der Waals surface area contributed by atoms with Gasteiger partial charge in [-0.15, -0.1) is 24.0 Å². The van der Waals surface area contributed by atoms with Crippen molar-refractivity contribution in [1.29, 1.82) is 0 Å². The quantitative estimate of drug-likeness (QED) is 0.425. The van der Waals surface area contributed by atoms with Crippen LogP contribution in [0.1, 0.15) is 17.2 Å². The Hall–Kier alpha value is -1.80. The number of methoxy groups -OCH3 is 1. The van der Waals surface area contributed by atoms with E-state index in [9.17, 15) is 5.11 Å². The lowest BCUT2D eigenvalue weighted by atomic mass is 10.1. The molecule has 134 valence electrons. The summed E-state index contributed by atoms with van der Waals surface area (Å²) in [4.78, 5) is 6.52. The highest BCUT2D eigenvalue weighted by Crippen LogP contribution is 2.27. The van der Waals surface area contributed by atoms with Crippen LogP contribution in [0.15, 0.2) is 53.5 Å². The van der Waals surface area contributed by atoms with Crippen LogP contribution < -0.4 is 15.0 Å². The average Bonchev–Trinajstić information content (AvgIpc) is 3.06. The van der Waals surface area contributed by atoms with E-state index in [0.717, 1.165) is 30.2 Å². The van der Waals surface area contributed by atoms with Crippen LogP contribution in [-0.4, -0.2) is 38.3 Å². The molecule has 1 aliphatic rings. The molecule has 2 N–H and O–H groups in total. The van der Waals surface area contributed by atoms with Gasteiger partial charge in [0.25, 0.3) is 0 Å². The molecule has 0 spiro atoms. The zero-order valence-electron chi connectivity index (χ0n) is 14.5. The van der Waals surface area contributed by atoms with Gasteiger partial charge < -0.3 is 20.1 Å². The van der Waals surface area contributed by atoms with Crippen molar-refractivity contribution in [3.63, 3.8) is 0 Å². The zero-order chi connectivity index (χ0) is 16.9. The van der Waals surface area contributed by atoms with Crippen molar-refractivity contribution in [2.24, 2.45) is 4.99 Å². The molecule has 0 saturated carbocycles. The maximum Gasteiger partial charge on any atom is 0.198 e. The van der Waals surface area contributed by atoms with Gasteiger partial charge in [-0.2, -0.15) is 0 Å². The summed E-state index contributed by atoms with van der Waals surface area (Å²) in [6, 6.07) is 15.8. The Morgan fingerprint density at radius 3 is 2.84 bits per heavy atom. The molecule has 3 rings (SSSR count). The summed E-state index contributed by atoms with van der Waals surface area (Å²) in [5.74, 6) is 1.52. The maximum absolute atomic E-state index is 10.4. The predicted molar refractivity (Wildman–Crippen MR) is 112 cm³/mol. The van der Waals surface area contributed by atoms with Gasteiger partial charge in [0.05, 0.1) is 13.2 Å². The Morgan fingerprint density at radius 2 is 2.08 bits per heavy atom. The molecule has 0 aliphatic carbocycles. The number of nitrogens with one attached hydrogen (secondary N) is 1. The highest BCUT2D eigenvalue weighted by atomic mass is 127. The number of benzene rings is 2. The van der Waals surface area contributed by atoms with Crippen molar-refractivity contribution < 1.29 is 9.84 Å². The van der Waals surface area contributed by atoms with Gasteiger partial charge in [0.2, 0.25) is 0 Å². The van der Waals surface area contributed by atoms with Crippen LogP contribution in [0.25, 0.3) is 0 Å². The molecule has 0 bridgehead atoms. The number of para-hydroxylation sites is 1. The molecule has 0 aromatic heterocycles. The van der Waals surface area contributed by atoms with Gasteiger partial charge in [0.15, 0.2) is 5.96 Å². The van der Waals surface area contributed by atoms with Gasteiger partial charge in [0, 0.05) is 25.8 Å². The third-order valence-corrected chi connectivity index (χ3v) is 4.29. The highest BCUT2D eigenvalue weighted by molar-refractivity contribution is 14.0. The lowest BCUT2D eigenvalue weighted by Crippen LogP contribution is -2.42. The molecule has 1 atom stereocenters. The first kappa shape index (κ1) is 19.5. The average molecular weight is 453 g/mol. The Kier molecular flexibility index (Phi) is 7.07. The number of aliphatic imine (C=N–C) groups is 1. The molecule has 0 amide bonds. The minimum absolute atomic E-state index is 0. The number of nitrogens with zero attached hydrogens (tertiary/aromatic N) is 2. The molecule has 2 aromatic carbocycles. The number of halogens is 1. The molecule has 0 saturated heterocycles. The summed E-state index contributed by atoms with van der Waals surface area (Å²) in [7, 11) is 3.39. The third-order valence-electron chi connectivity index (χ3n) is 4.29. The van der Waals surface area contributed by atoms with Gasteiger partial charge in [-0.25, -0.2) is 0 Å². The van der Waals surface area contributed by atoms with E-state index in [2.05, 4.69) is 33.4 Å². The van der Waals surface area contributed by atoms with Crippen LogP contribution in [0.3, 0.4) is 0 Å². The highest BCUT2D eigenvalue weighted by Gasteiger charge is 2.22. The molecule has 0 fully saturated rings. The van der Waals surface area contributed by atoms with Crippen molar-refractivity contribution in [2.75, 3.05) is 32.1 Å². The van der Waals surface area contributed by atoms with E-state index < -0.39 is 6.10 Å². The predicted octanol–water partition coefficient (Wildman–Crippen LogP) is 2.98. The lowest BCUT2D eigenvalue weighted by Gasteiger charge is -2.23. The van der Waals surface area contributed by atoms with Crippen molar-refractivity contribution in [3.8, 4) is 5.75 Å². The second-order valence-electron chi connectivity index (χ2n) is 5.75. The van der Waals surface area contributed by atoms with E-state index in [1.165, 1.54) is 11.3 Å². The minimum Gasteiger partial charge on any atom is -0.497 e. The fourth-order valence-electron chi connectivity index (χ4n) is 3.01. The van der Waals surface area contributed by atoms with E-state index in [-0.39, 0.29) is 24.0 Å². The molecule has 25 heavy (non-hydrogen) atoms. The largest absolute Gasteiger partial charge is 0.497 e. The van der Waals surface area contributed by atoms with Gasteiger partial charge >= 0.3 is 0 Å². The molecule has 1 heterocycles. The minimum atomic E-state index is -0.630. The van der Waals surface area contributed by atoms with Crippen molar-refractivity contribution >= 4 is 35.6 Å². The first-order chi connectivity index (χ1) is 11.7. The Labute approximate surface area is 165 Å². The third kappa shape index (κ3) is 4.43. The number of rotatable bonds is 4. The summed E-state index contributed by atoms with van der Waals surface area (Å²) >= 11 is 0. The molecular weight excluding hydrogens is 429 g/mol. The van der Waals surface area contributed by atoms with Crippen LogP contribution in [0.2, 0.25) is 0 Å². The Balaban J connectivity index is 0.00000225.